The van der Waals surface area contributed by atoms with Crippen LogP contribution in [0.4, 0.5) is 0 Å². The number of hydrogen-bond donors (Lipinski definition) is 2. The molecule has 0 bridgehead atoms. The molecule has 0 aliphatic heterocycles. The van der Waals surface area contributed by atoms with Crippen LogP contribution in [0.5, 0.6) is 0 Å². The molecule has 1 aromatic rings. The van der Waals surface area contributed by atoms with Crippen molar-refractivity contribution in [2.75, 3.05) is 13.6 Å². The number of thiophene rings is 1. The lowest BCUT2D eigenvalue weighted by atomic mass is 10.1. The van der Waals surface area contributed by atoms with Crippen LogP contribution in [-0.2, 0) is 0 Å². The summed E-state index contributed by atoms with van der Waals surface area (Å²) in [6.45, 7) is 0.858. The Morgan fingerprint density at radius 3 is 3.09 bits per heavy atom. The molecule has 1 heterocycles. The van der Waals surface area contributed by atoms with Crippen LogP contribution in [0.3, 0.4) is 0 Å². The molecular weight excluding hydrogens is 158 g/mol. The summed E-state index contributed by atoms with van der Waals surface area (Å²) in [4.78, 5) is 0. The van der Waals surface area contributed by atoms with Crippen molar-refractivity contribution in [2.45, 2.75) is 12.5 Å². The van der Waals surface area contributed by atoms with E-state index in [0.29, 0.717) is 0 Å². The molecule has 1 unspecified atom stereocenters. The van der Waals surface area contributed by atoms with E-state index in [1.807, 2.05) is 23.9 Å². The Labute approximate surface area is 70.9 Å². The van der Waals surface area contributed by atoms with E-state index >= 15 is 0 Å². The summed E-state index contributed by atoms with van der Waals surface area (Å²) in [5.74, 6) is 0. The smallest absolute Gasteiger partial charge is 0.0810 e. The Morgan fingerprint density at radius 2 is 2.55 bits per heavy atom. The maximum Gasteiger partial charge on any atom is 0.0810 e. The summed E-state index contributed by atoms with van der Waals surface area (Å²) in [5.41, 5.74) is 1.03. The lowest BCUT2D eigenvalue weighted by Gasteiger charge is -2.06. The van der Waals surface area contributed by atoms with Crippen LogP contribution in [-0.4, -0.2) is 18.7 Å². The Bertz CT molecular complexity index is 186. The summed E-state index contributed by atoms with van der Waals surface area (Å²) in [6.07, 6.45) is 0.487. The monoisotopic (exact) mass is 171 g/mol. The average molecular weight is 171 g/mol. The van der Waals surface area contributed by atoms with Gasteiger partial charge in [0.15, 0.2) is 0 Å². The Balaban J connectivity index is 2.36. The zero-order valence-electron chi connectivity index (χ0n) is 6.58. The van der Waals surface area contributed by atoms with Gasteiger partial charge < -0.3 is 10.4 Å². The number of nitrogens with one attached hydrogen (secondary N) is 1. The van der Waals surface area contributed by atoms with E-state index in [2.05, 4.69) is 5.32 Å². The molecule has 2 N–H and O–H groups in total. The zero-order chi connectivity index (χ0) is 8.10. The normalized spacial score (nSPS) is 13.3. The second kappa shape index (κ2) is 4.49. The van der Waals surface area contributed by atoms with Crippen molar-refractivity contribution in [3.63, 3.8) is 0 Å². The zero-order valence-corrected chi connectivity index (χ0v) is 7.40. The lowest BCUT2D eigenvalue weighted by Crippen LogP contribution is -2.11. The van der Waals surface area contributed by atoms with Crippen LogP contribution in [0.15, 0.2) is 16.8 Å². The highest BCUT2D eigenvalue weighted by Crippen LogP contribution is 2.18. The van der Waals surface area contributed by atoms with E-state index < -0.39 is 0 Å². The van der Waals surface area contributed by atoms with Crippen LogP contribution in [0.1, 0.15) is 18.1 Å². The number of hydrogen-bond acceptors (Lipinski definition) is 3. The van der Waals surface area contributed by atoms with Gasteiger partial charge >= 0.3 is 0 Å². The minimum atomic E-state index is -0.298. The van der Waals surface area contributed by atoms with Gasteiger partial charge in [-0.2, -0.15) is 11.3 Å². The molecule has 0 spiro atoms. The van der Waals surface area contributed by atoms with Gasteiger partial charge in [-0.25, -0.2) is 0 Å². The summed E-state index contributed by atoms with van der Waals surface area (Å²) >= 11 is 1.62. The number of aliphatic hydroxyl groups is 1. The van der Waals surface area contributed by atoms with Crippen LogP contribution in [0.2, 0.25) is 0 Å². The molecule has 0 radical (unpaired) electrons. The highest BCUT2D eigenvalue weighted by atomic mass is 32.1. The molecule has 0 aliphatic carbocycles. The van der Waals surface area contributed by atoms with E-state index in [0.717, 1.165) is 18.5 Å². The molecule has 0 saturated carbocycles. The molecular formula is C8H13NOS. The highest BCUT2D eigenvalue weighted by molar-refractivity contribution is 7.07. The van der Waals surface area contributed by atoms with Crippen molar-refractivity contribution in [1.82, 2.24) is 5.32 Å². The van der Waals surface area contributed by atoms with E-state index in [-0.39, 0.29) is 6.10 Å². The van der Waals surface area contributed by atoms with Crippen LogP contribution in [0.25, 0.3) is 0 Å². The lowest BCUT2D eigenvalue weighted by molar-refractivity contribution is 0.168. The van der Waals surface area contributed by atoms with Gasteiger partial charge in [0.1, 0.15) is 0 Å². The van der Waals surface area contributed by atoms with Crippen molar-refractivity contribution in [3.8, 4) is 0 Å². The van der Waals surface area contributed by atoms with Crippen LogP contribution < -0.4 is 5.32 Å². The van der Waals surface area contributed by atoms with E-state index in [1.54, 1.807) is 11.3 Å². The van der Waals surface area contributed by atoms with E-state index in [9.17, 15) is 5.11 Å². The van der Waals surface area contributed by atoms with Gasteiger partial charge in [-0.1, -0.05) is 0 Å². The van der Waals surface area contributed by atoms with Crippen LogP contribution in [0, 0.1) is 0 Å². The molecule has 1 rings (SSSR count). The summed E-state index contributed by atoms with van der Waals surface area (Å²) < 4.78 is 0. The molecule has 0 aromatic carbocycles. The van der Waals surface area contributed by atoms with Gasteiger partial charge in [-0.15, -0.1) is 0 Å². The van der Waals surface area contributed by atoms with Crippen molar-refractivity contribution in [3.05, 3.63) is 22.4 Å². The van der Waals surface area contributed by atoms with Crippen molar-refractivity contribution < 1.29 is 5.11 Å². The van der Waals surface area contributed by atoms with Gasteiger partial charge in [-0.05, 0) is 42.4 Å². The van der Waals surface area contributed by atoms with E-state index in [4.69, 9.17) is 0 Å². The number of aliphatic hydroxyl groups excluding tert-OH is 1. The van der Waals surface area contributed by atoms with E-state index in [1.165, 1.54) is 0 Å². The molecule has 2 nitrogen and oxygen atoms in total. The predicted molar refractivity (Wildman–Crippen MR) is 47.8 cm³/mol. The SMILES string of the molecule is CNCCC(O)c1ccsc1. The highest BCUT2D eigenvalue weighted by Gasteiger charge is 2.05. The molecule has 0 amide bonds. The first-order valence-electron chi connectivity index (χ1n) is 3.69. The fourth-order valence-electron chi connectivity index (χ4n) is 0.912. The van der Waals surface area contributed by atoms with Crippen molar-refractivity contribution in [2.24, 2.45) is 0 Å². The van der Waals surface area contributed by atoms with Gasteiger partial charge in [0, 0.05) is 0 Å². The Morgan fingerprint density at radius 1 is 1.73 bits per heavy atom. The third-order valence-electron chi connectivity index (χ3n) is 1.60. The quantitative estimate of drug-likeness (QED) is 0.717. The molecule has 62 valence electrons. The van der Waals surface area contributed by atoms with Gasteiger partial charge in [0.25, 0.3) is 0 Å². The molecule has 0 aliphatic rings. The maximum absolute atomic E-state index is 9.51. The average Bonchev–Trinajstić information content (AvgIpc) is 2.52. The Kier molecular flexibility index (Phi) is 3.56. The van der Waals surface area contributed by atoms with Gasteiger partial charge in [0.05, 0.1) is 6.10 Å². The maximum atomic E-state index is 9.51. The standard InChI is InChI=1S/C8H13NOS/c1-9-4-2-8(10)7-3-5-11-6-7/h3,5-6,8-10H,2,4H2,1H3. The molecule has 0 saturated heterocycles. The number of rotatable bonds is 4. The first-order chi connectivity index (χ1) is 5.34. The second-order valence-electron chi connectivity index (χ2n) is 2.46. The van der Waals surface area contributed by atoms with Gasteiger partial charge in [-0.3, -0.25) is 0 Å². The van der Waals surface area contributed by atoms with Crippen molar-refractivity contribution in [1.29, 1.82) is 0 Å². The largest absolute Gasteiger partial charge is 0.388 e. The minimum absolute atomic E-state index is 0.298. The first kappa shape index (κ1) is 8.71. The third kappa shape index (κ3) is 2.61. The molecule has 1 atom stereocenters. The predicted octanol–water partition coefficient (Wildman–Crippen LogP) is 1.39. The van der Waals surface area contributed by atoms with Crippen LogP contribution >= 0.6 is 11.3 Å². The molecule has 0 fully saturated rings. The molecule has 1 aromatic heterocycles. The molecule has 3 heteroatoms. The third-order valence-corrected chi connectivity index (χ3v) is 2.30. The summed E-state index contributed by atoms with van der Waals surface area (Å²) in [7, 11) is 1.89. The topological polar surface area (TPSA) is 32.3 Å². The molecule has 11 heavy (non-hydrogen) atoms. The van der Waals surface area contributed by atoms with Crippen molar-refractivity contribution >= 4 is 11.3 Å². The second-order valence-corrected chi connectivity index (χ2v) is 3.24. The Hall–Kier alpha value is -0.380. The summed E-state index contributed by atoms with van der Waals surface area (Å²) in [5, 5.41) is 16.5. The summed E-state index contributed by atoms with van der Waals surface area (Å²) in [6, 6.07) is 1.96. The first-order valence-corrected chi connectivity index (χ1v) is 4.63. The minimum Gasteiger partial charge on any atom is -0.388 e. The fourth-order valence-corrected chi connectivity index (χ4v) is 1.62. The van der Waals surface area contributed by atoms with Gasteiger partial charge in [0.2, 0.25) is 0 Å². The fraction of sp³-hybridized carbons (Fsp3) is 0.500.